The van der Waals surface area contributed by atoms with Crippen LogP contribution in [-0.2, 0) is 0 Å². The Morgan fingerprint density at radius 1 is 1.47 bits per heavy atom. The first-order chi connectivity index (χ1) is 8.04. The van der Waals surface area contributed by atoms with Crippen LogP contribution in [0.5, 0.6) is 11.5 Å². The molecule has 0 amide bonds. The van der Waals surface area contributed by atoms with E-state index in [9.17, 15) is 9.50 Å². The first-order valence-corrected chi connectivity index (χ1v) is 4.92. The fourth-order valence-electron chi connectivity index (χ4n) is 1.66. The molecule has 0 radical (unpaired) electrons. The number of nitrogens with one attached hydrogen (secondary N) is 1. The zero-order valence-electron chi connectivity index (χ0n) is 9.41. The number of halogens is 1. The monoisotopic (exact) mass is 237 g/mol. The molecule has 0 saturated heterocycles. The van der Waals surface area contributed by atoms with Crippen LogP contribution in [0.2, 0.25) is 0 Å². The van der Waals surface area contributed by atoms with Gasteiger partial charge in [-0.05, 0) is 13.0 Å². The van der Waals surface area contributed by atoms with Crippen molar-refractivity contribution < 1.29 is 14.2 Å². The van der Waals surface area contributed by atoms with E-state index in [1.807, 2.05) is 0 Å². The Morgan fingerprint density at radius 2 is 2.18 bits per heavy atom. The van der Waals surface area contributed by atoms with Crippen LogP contribution in [0.1, 0.15) is 5.56 Å². The van der Waals surface area contributed by atoms with Crippen LogP contribution in [0, 0.1) is 12.7 Å². The number of methoxy groups -OCH3 is 1. The van der Waals surface area contributed by atoms with Gasteiger partial charge in [0.2, 0.25) is 0 Å². The van der Waals surface area contributed by atoms with E-state index < -0.39 is 5.82 Å². The molecule has 17 heavy (non-hydrogen) atoms. The van der Waals surface area contributed by atoms with Crippen molar-refractivity contribution in [1.82, 2.24) is 10.2 Å². The molecule has 6 heteroatoms. The minimum atomic E-state index is -0.640. The summed E-state index contributed by atoms with van der Waals surface area (Å²) < 4.78 is 18.4. The number of nitrogens with zero attached hydrogens (tertiary/aromatic N) is 1. The van der Waals surface area contributed by atoms with Gasteiger partial charge in [-0.2, -0.15) is 5.10 Å². The van der Waals surface area contributed by atoms with Gasteiger partial charge < -0.3 is 15.6 Å². The number of aromatic hydroxyl groups is 1. The van der Waals surface area contributed by atoms with Crippen LogP contribution < -0.4 is 10.5 Å². The van der Waals surface area contributed by atoms with Crippen molar-refractivity contribution in [2.45, 2.75) is 6.92 Å². The Hall–Kier alpha value is -2.24. The number of nitrogen functional groups attached to an aromatic ring is 1. The Morgan fingerprint density at radius 3 is 2.71 bits per heavy atom. The highest BCUT2D eigenvalue weighted by Crippen LogP contribution is 2.38. The summed E-state index contributed by atoms with van der Waals surface area (Å²) in [7, 11) is 1.30. The van der Waals surface area contributed by atoms with Crippen molar-refractivity contribution in [2.75, 3.05) is 12.8 Å². The second-order valence-corrected chi connectivity index (χ2v) is 3.62. The zero-order valence-corrected chi connectivity index (χ0v) is 9.41. The van der Waals surface area contributed by atoms with Gasteiger partial charge in [0.05, 0.1) is 12.8 Å². The van der Waals surface area contributed by atoms with Crippen molar-refractivity contribution in [3.05, 3.63) is 23.5 Å². The molecule has 0 aliphatic heterocycles. The van der Waals surface area contributed by atoms with E-state index in [-0.39, 0.29) is 11.5 Å². The number of anilines is 1. The molecule has 1 heterocycles. The number of hydrogen-bond donors (Lipinski definition) is 3. The fourth-order valence-corrected chi connectivity index (χ4v) is 1.66. The lowest BCUT2D eigenvalue weighted by Crippen LogP contribution is -1.94. The average molecular weight is 237 g/mol. The SMILES string of the molecule is COc1c(F)cc(-c2cc(N)n[nH]2)c(C)c1O. The highest BCUT2D eigenvalue weighted by Gasteiger charge is 2.17. The second-order valence-electron chi connectivity index (χ2n) is 3.62. The predicted molar refractivity (Wildman–Crippen MR) is 61.3 cm³/mol. The Kier molecular flexibility index (Phi) is 2.63. The molecule has 0 saturated carbocycles. The number of H-pyrrole nitrogens is 1. The van der Waals surface area contributed by atoms with Crippen LogP contribution in [0.3, 0.4) is 0 Å². The first-order valence-electron chi connectivity index (χ1n) is 4.92. The van der Waals surface area contributed by atoms with Gasteiger partial charge in [-0.1, -0.05) is 0 Å². The van der Waals surface area contributed by atoms with Crippen LogP contribution in [-0.4, -0.2) is 22.4 Å². The third kappa shape index (κ3) is 1.77. The number of rotatable bonds is 2. The highest BCUT2D eigenvalue weighted by atomic mass is 19.1. The van der Waals surface area contributed by atoms with E-state index in [1.165, 1.54) is 13.2 Å². The molecule has 0 atom stereocenters. The predicted octanol–water partition coefficient (Wildman–Crippen LogP) is 1.82. The molecule has 4 N–H and O–H groups in total. The summed E-state index contributed by atoms with van der Waals surface area (Å²) in [5.74, 6) is -0.733. The summed E-state index contributed by atoms with van der Waals surface area (Å²) in [6, 6.07) is 2.83. The third-order valence-electron chi connectivity index (χ3n) is 2.55. The summed E-state index contributed by atoms with van der Waals surface area (Å²) in [6.07, 6.45) is 0. The van der Waals surface area contributed by atoms with E-state index in [0.717, 1.165) is 0 Å². The molecule has 0 aliphatic rings. The summed E-state index contributed by atoms with van der Waals surface area (Å²) in [4.78, 5) is 0. The van der Waals surface area contributed by atoms with Gasteiger partial charge in [0, 0.05) is 17.2 Å². The third-order valence-corrected chi connectivity index (χ3v) is 2.55. The molecule has 0 aliphatic carbocycles. The van der Waals surface area contributed by atoms with Gasteiger partial charge in [-0.25, -0.2) is 4.39 Å². The minimum Gasteiger partial charge on any atom is -0.504 e. The molecule has 90 valence electrons. The van der Waals surface area contributed by atoms with E-state index in [2.05, 4.69) is 10.2 Å². The van der Waals surface area contributed by atoms with Gasteiger partial charge in [0.15, 0.2) is 17.3 Å². The van der Waals surface area contributed by atoms with Gasteiger partial charge in [-0.3, -0.25) is 5.10 Å². The maximum atomic E-state index is 13.6. The number of benzene rings is 1. The number of phenols is 1. The zero-order chi connectivity index (χ0) is 12.6. The standard InChI is InChI=1S/C11H12FN3O2/c1-5-6(8-4-9(13)15-14-8)3-7(12)11(17-2)10(5)16/h3-4,16H,1-2H3,(H3,13,14,15). The molecule has 0 fully saturated rings. The summed E-state index contributed by atoms with van der Waals surface area (Å²) in [5.41, 5.74) is 7.00. The van der Waals surface area contributed by atoms with Gasteiger partial charge in [0.1, 0.15) is 5.82 Å². The fraction of sp³-hybridized carbons (Fsp3) is 0.182. The van der Waals surface area contributed by atoms with Crippen LogP contribution >= 0.6 is 0 Å². The van der Waals surface area contributed by atoms with E-state index in [0.29, 0.717) is 22.6 Å². The molecule has 0 unspecified atom stereocenters. The summed E-state index contributed by atoms with van der Waals surface area (Å²) >= 11 is 0. The van der Waals surface area contributed by atoms with E-state index in [1.54, 1.807) is 13.0 Å². The number of aromatic amines is 1. The Bertz CT molecular complexity index is 566. The Balaban J connectivity index is 2.64. The molecule has 2 aromatic rings. The van der Waals surface area contributed by atoms with Crippen molar-refractivity contribution in [1.29, 1.82) is 0 Å². The number of nitrogens with two attached hydrogens (primary N) is 1. The van der Waals surface area contributed by atoms with Gasteiger partial charge in [-0.15, -0.1) is 0 Å². The number of hydrogen-bond acceptors (Lipinski definition) is 4. The summed E-state index contributed by atoms with van der Waals surface area (Å²) in [5, 5.41) is 16.2. The molecule has 1 aromatic heterocycles. The first kappa shape index (κ1) is 11.3. The maximum absolute atomic E-state index is 13.6. The van der Waals surface area contributed by atoms with Crippen molar-refractivity contribution in [3.63, 3.8) is 0 Å². The molecular weight excluding hydrogens is 225 g/mol. The number of ether oxygens (including phenoxy) is 1. The lowest BCUT2D eigenvalue weighted by atomic mass is 10.0. The van der Waals surface area contributed by atoms with E-state index in [4.69, 9.17) is 10.5 Å². The minimum absolute atomic E-state index is 0.168. The smallest absolute Gasteiger partial charge is 0.196 e. The topological polar surface area (TPSA) is 84.2 Å². The quantitative estimate of drug-likeness (QED) is 0.743. The van der Waals surface area contributed by atoms with Gasteiger partial charge in [0.25, 0.3) is 0 Å². The number of aromatic nitrogens is 2. The average Bonchev–Trinajstić information content (AvgIpc) is 2.71. The van der Waals surface area contributed by atoms with Gasteiger partial charge >= 0.3 is 0 Å². The molecule has 2 rings (SSSR count). The number of phenolic OH excluding ortho intramolecular Hbond substituents is 1. The summed E-state index contributed by atoms with van der Waals surface area (Å²) in [6.45, 7) is 1.66. The lowest BCUT2D eigenvalue weighted by Gasteiger charge is -2.11. The molecule has 1 aromatic carbocycles. The van der Waals surface area contributed by atoms with Crippen molar-refractivity contribution >= 4 is 5.82 Å². The molecular formula is C11H12FN3O2. The highest BCUT2D eigenvalue weighted by molar-refractivity contribution is 5.71. The Labute approximate surface area is 97.0 Å². The van der Waals surface area contributed by atoms with Crippen molar-refractivity contribution in [3.8, 4) is 22.8 Å². The second kappa shape index (κ2) is 3.97. The molecule has 0 bridgehead atoms. The maximum Gasteiger partial charge on any atom is 0.196 e. The van der Waals surface area contributed by atoms with Crippen molar-refractivity contribution in [2.24, 2.45) is 0 Å². The van der Waals surface area contributed by atoms with Crippen LogP contribution in [0.15, 0.2) is 12.1 Å². The van der Waals surface area contributed by atoms with E-state index >= 15 is 0 Å². The van der Waals surface area contributed by atoms with Crippen LogP contribution in [0.4, 0.5) is 10.2 Å². The lowest BCUT2D eigenvalue weighted by molar-refractivity contribution is 0.350. The largest absolute Gasteiger partial charge is 0.504 e. The normalized spacial score (nSPS) is 10.5. The molecule has 0 spiro atoms. The van der Waals surface area contributed by atoms with Crippen LogP contribution in [0.25, 0.3) is 11.3 Å². The molecule has 5 nitrogen and oxygen atoms in total.